The predicted octanol–water partition coefficient (Wildman–Crippen LogP) is 1.94. The second kappa shape index (κ2) is 8.87. The summed E-state index contributed by atoms with van der Waals surface area (Å²) in [7, 11) is 1.32. The first kappa shape index (κ1) is 22.8. The monoisotopic (exact) mass is 456 g/mol. The van der Waals surface area contributed by atoms with E-state index < -0.39 is 41.9 Å². The number of hydrogen-bond donors (Lipinski definition) is 4. The van der Waals surface area contributed by atoms with Gasteiger partial charge in [0.05, 0.1) is 7.11 Å². The standard InChI is InChI=1S/C24H24O9/c1-11(2)21-19(28)18(27)20(29)24(33-21)32-16-10-14(26)17-13(25)9-15(12-7-5-4-6-8-12)31-23(17)22(16)30-3/h4-10,18-21,24,26-29H,1H2,2-3H3/t18-,19-,20+,21+,24+/m0/s1. The number of phenols is 1. The van der Waals surface area contributed by atoms with Crippen molar-refractivity contribution >= 4 is 11.0 Å². The molecule has 0 bridgehead atoms. The van der Waals surface area contributed by atoms with Gasteiger partial charge in [-0.15, -0.1) is 0 Å². The molecule has 1 aromatic heterocycles. The highest BCUT2D eigenvalue weighted by Crippen LogP contribution is 2.42. The topological polar surface area (TPSA) is 139 Å². The minimum Gasteiger partial charge on any atom is -0.507 e. The van der Waals surface area contributed by atoms with Gasteiger partial charge in [0.2, 0.25) is 12.0 Å². The quantitative estimate of drug-likeness (QED) is 0.424. The van der Waals surface area contributed by atoms with Crippen LogP contribution in [0.3, 0.4) is 0 Å². The van der Waals surface area contributed by atoms with Gasteiger partial charge in [-0.25, -0.2) is 0 Å². The Morgan fingerprint density at radius 2 is 1.76 bits per heavy atom. The van der Waals surface area contributed by atoms with E-state index in [0.717, 1.165) is 6.07 Å². The fraction of sp³-hybridized carbons (Fsp3) is 0.292. The Kier molecular flexibility index (Phi) is 6.13. The molecule has 4 N–H and O–H groups in total. The van der Waals surface area contributed by atoms with Crippen LogP contribution in [0.5, 0.6) is 17.2 Å². The van der Waals surface area contributed by atoms with E-state index in [0.29, 0.717) is 11.1 Å². The highest BCUT2D eigenvalue weighted by molar-refractivity contribution is 5.91. The van der Waals surface area contributed by atoms with Crippen molar-refractivity contribution in [2.45, 2.75) is 37.6 Å². The van der Waals surface area contributed by atoms with Crippen LogP contribution in [-0.2, 0) is 4.74 Å². The van der Waals surface area contributed by atoms with Crippen LogP contribution in [-0.4, -0.2) is 58.2 Å². The lowest BCUT2D eigenvalue weighted by atomic mass is 9.95. The zero-order chi connectivity index (χ0) is 23.9. The fourth-order valence-electron chi connectivity index (χ4n) is 3.77. The Morgan fingerprint density at radius 3 is 2.39 bits per heavy atom. The van der Waals surface area contributed by atoms with E-state index in [9.17, 15) is 25.2 Å². The van der Waals surface area contributed by atoms with E-state index in [2.05, 4.69) is 6.58 Å². The molecule has 1 aliphatic rings. The molecule has 9 heteroatoms. The summed E-state index contributed by atoms with van der Waals surface area (Å²) < 4.78 is 22.7. The summed E-state index contributed by atoms with van der Waals surface area (Å²) in [6, 6.07) is 11.3. The molecule has 0 radical (unpaired) electrons. The van der Waals surface area contributed by atoms with Crippen molar-refractivity contribution in [2.24, 2.45) is 0 Å². The van der Waals surface area contributed by atoms with E-state index in [-0.39, 0.29) is 28.2 Å². The Morgan fingerprint density at radius 1 is 1.06 bits per heavy atom. The second-order valence-corrected chi connectivity index (χ2v) is 7.83. The largest absolute Gasteiger partial charge is 0.507 e. The third-order valence-corrected chi connectivity index (χ3v) is 5.46. The van der Waals surface area contributed by atoms with Crippen LogP contribution in [0.25, 0.3) is 22.3 Å². The molecule has 2 heterocycles. The van der Waals surface area contributed by atoms with E-state index in [1.54, 1.807) is 31.2 Å². The molecule has 1 aliphatic heterocycles. The molecule has 1 fully saturated rings. The molecule has 0 unspecified atom stereocenters. The van der Waals surface area contributed by atoms with Crippen molar-refractivity contribution in [1.82, 2.24) is 0 Å². The van der Waals surface area contributed by atoms with Crippen LogP contribution in [0.1, 0.15) is 6.92 Å². The molecule has 174 valence electrons. The molecular weight excluding hydrogens is 432 g/mol. The number of hydrogen-bond acceptors (Lipinski definition) is 9. The first-order valence-electron chi connectivity index (χ1n) is 10.2. The number of rotatable bonds is 5. The lowest BCUT2D eigenvalue weighted by Gasteiger charge is -2.40. The third-order valence-electron chi connectivity index (χ3n) is 5.46. The van der Waals surface area contributed by atoms with E-state index in [4.69, 9.17) is 18.6 Å². The maximum atomic E-state index is 12.8. The molecule has 33 heavy (non-hydrogen) atoms. The van der Waals surface area contributed by atoms with Gasteiger partial charge in [0, 0.05) is 17.7 Å². The molecule has 0 saturated carbocycles. The molecule has 1 saturated heterocycles. The van der Waals surface area contributed by atoms with Gasteiger partial charge in [-0.3, -0.25) is 4.79 Å². The summed E-state index contributed by atoms with van der Waals surface area (Å²) in [5, 5.41) is 41.2. The number of fused-ring (bicyclic) bond motifs is 1. The van der Waals surface area contributed by atoms with Crippen molar-refractivity contribution in [1.29, 1.82) is 0 Å². The maximum Gasteiger partial charge on any atom is 0.229 e. The third kappa shape index (κ3) is 4.07. The summed E-state index contributed by atoms with van der Waals surface area (Å²) in [5.41, 5.74) is 0.485. The smallest absolute Gasteiger partial charge is 0.229 e. The van der Waals surface area contributed by atoms with Crippen LogP contribution < -0.4 is 14.9 Å². The van der Waals surface area contributed by atoms with Gasteiger partial charge in [-0.05, 0) is 12.5 Å². The normalized spacial score (nSPS) is 25.1. The minimum atomic E-state index is -1.62. The minimum absolute atomic E-state index is 0.0269. The van der Waals surface area contributed by atoms with Crippen molar-refractivity contribution in [2.75, 3.05) is 7.11 Å². The van der Waals surface area contributed by atoms with E-state index in [1.165, 1.54) is 13.2 Å². The summed E-state index contributed by atoms with van der Waals surface area (Å²) in [6.07, 6.45) is -7.06. The highest BCUT2D eigenvalue weighted by Gasteiger charge is 2.45. The lowest BCUT2D eigenvalue weighted by Crippen LogP contribution is -2.59. The van der Waals surface area contributed by atoms with Gasteiger partial charge < -0.3 is 39.1 Å². The van der Waals surface area contributed by atoms with Crippen molar-refractivity contribution < 1.29 is 39.1 Å². The van der Waals surface area contributed by atoms with Gasteiger partial charge in [0.15, 0.2) is 16.8 Å². The van der Waals surface area contributed by atoms with Gasteiger partial charge >= 0.3 is 0 Å². The van der Waals surface area contributed by atoms with E-state index >= 15 is 0 Å². The van der Waals surface area contributed by atoms with Gasteiger partial charge in [0.1, 0.15) is 41.3 Å². The lowest BCUT2D eigenvalue weighted by molar-refractivity contribution is -0.263. The molecular formula is C24H24O9. The SMILES string of the molecule is C=C(C)[C@H]1O[C@@H](Oc2cc(O)c3c(=O)cc(-c4ccccc4)oc3c2OC)[C@H](O)[C@@H](O)[C@@H]1O. The zero-order valence-corrected chi connectivity index (χ0v) is 18.0. The summed E-state index contributed by atoms with van der Waals surface area (Å²) in [6.45, 7) is 5.31. The number of ether oxygens (including phenoxy) is 3. The van der Waals surface area contributed by atoms with Crippen LogP contribution in [0.4, 0.5) is 0 Å². The number of phenolic OH excluding ortho intramolecular Hbond substituents is 1. The zero-order valence-electron chi connectivity index (χ0n) is 18.0. The Balaban J connectivity index is 1.81. The number of aliphatic hydroxyl groups excluding tert-OH is 3. The Labute approximate surface area is 188 Å². The average Bonchev–Trinajstić information content (AvgIpc) is 2.79. The Hall–Kier alpha value is -3.37. The summed E-state index contributed by atoms with van der Waals surface area (Å²) in [4.78, 5) is 12.8. The number of aromatic hydroxyl groups is 1. The maximum absolute atomic E-state index is 12.8. The van der Waals surface area contributed by atoms with Crippen LogP contribution in [0.15, 0.2) is 63.8 Å². The predicted molar refractivity (Wildman–Crippen MR) is 118 cm³/mol. The molecule has 9 nitrogen and oxygen atoms in total. The molecule has 0 amide bonds. The summed E-state index contributed by atoms with van der Waals surface area (Å²) >= 11 is 0. The van der Waals surface area contributed by atoms with Crippen LogP contribution >= 0.6 is 0 Å². The van der Waals surface area contributed by atoms with Crippen molar-refractivity contribution in [3.63, 3.8) is 0 Å². The Bertz CT molecular complexity index is 1230. The van der Waals surface area contributed by atoms with Crippen molar-refractivity contribution in [3.8, 4) is 28.6 Å². The molecule has 0 spiro atoms. The molecule has 5 atom stereocenters. The fourth-order valence-corrected chi connectivity index (χ4v) is 3.77. The first-order chi connectivity index (χ1) is 15.7. The molecule has 3 aromatic rings. The highest BCUT2D eigenvalue weighted by atomic mass is 16.7. The van der Waals surface area contributed by atoms with Gasteiger partial charge in [-0.1, -0.05) is 36.9 Å². The van der Waals surface area contributed by atoms with Gasteiger partial charge in [0.25, 0.3) is 0 Å². The number of methoxy groups -OCH3 is 1. The first-order valence-corrected chi connectivity index (χ1v) is 10.2. The van der Waals surface area contributed by atoms with Crippen molar-refractivity contribution in [3.05, 3.63) is 64.8 Å². The number of aliphatic hydroxyl groups is 3. The van der Waals surface area contributed by atoms with Gasteiger partial charge in [-0.2, -0.15) is 0 Å². The number of benzene rings is 2. The molecule has 2 aromatic carbocycles. The summed E-state index contributed by atoms with van der Waals surface area (Å²) in [5.74, 6) is -0.320. The van der Waals surface area contributed by atoms with E-state index in [1.807, 2.05) is 6.07 Å². The van der Waals surface area contributed by atoms with Crippen LogP contribution in [0, 0.1) is 0 Å². The average molecular weight is 456 g/mol. The second-order valence-electron chi connectivity index (χ2n) is 7.83. The van der Waals surface area contributed by atoms with Crippen LogP contribution in [0.2, 0.25) is 0 Å². The molecule has 4 rings (SSSR count). The molecule has 0 aliphatic carbocycles.